The van der Waals surface area contributed by atoms with E-state index in [9.17, 15) is 0 Å². The first-order chi connectivity index (χ1) is 8.50. The Morgan fingerprint density at radius 3 is 2.50 bits per heavy atom. The van der Waals surface area contributed by atoms with Gasteiger partial charge in [-0.1, -0.05) is 43.2 Å². The summed E-state index contributed by atoms with van der Waals surface area (Å²) in [6, 6.07) is 7.73. The molecule has 18 heavy (non-hydrogen) atoms. The van der Waals surface area contributed by atoms with Gasteiger partial charge in [0.15, 0.2) is 0 Å². The molecule has 1 fully saturated rings. The predicted octanol–water partition coefficient (Wildman–Crippen LogP) is 4.01. The van der Waals surface area contributed by atoms with Crippen LogP contribution in [0, 0.1) is 19.3 Å². The molecule has 0 bridgehead atoms. The largest absolute Gasteiger partial charge is 0.314 e. The summed E-state index contributed by atoms with van der Waals surface area (Å²) in [5.41, 5.74) is 4.81. The summed E-state index contributed by atoms with van der Waals surface area (Å²) in [5.74, 6) is 0. The molecule has 0 aliphatic heterocycles. The van der Waals surface area contributed by atoms with Crippen molar-refractivity contribution in [2.45, 2.75) is 59.4 Å². The first kappa shape index (κ1) is 13.6. The molecular formula is C17H27N. The Morgan fingerprint density at radius 2 is 1.89 bits per heavy atom. The van der Waals surface area contributed by atoms with Gasteiger partial charge in [0.25, 0.3) is 0 Å². The fourth-order valence-electron chi connectivity index (χ4n) is 3.61. The number of nitrogens with one attached hydrogen (secondary N) is 1. The van der Waals surface area contributed by atoms with Crippen LogP contribution in [-0.2, 0) is 6.42 Å². The van der Waals surface area contributed by atoms with Gasteiger partial charge in [-0.15, -0.1) is 0 Å². The van der Waals surface area contributed by atoms with E-state index in [1.165, 1.54) is 42.4 Å². The van der Waals surface area contributed by atoms with E-state index >= 15 is 0 Å². The maximum absolute atomic E-state index is 3.61. The Bertz CT molecular complexity index is 390. The second-order valence-electron chi connectivity index (χ2n) is 6.48. The molecule has 0 saturated heterocycles. The van der Waals surface area contributed by atoms with E-state index in [2.05, 4.69) is 51.2 Å². The van der Waals surface area contributed by atoms with Gasteiger partial charge in [0.05, 0.1) is 0 Å². The molecule has 1 N–H and O–H groups in total. The van der Waals surface area contributed by atoms with Crippen LogP contribution < -0.4 is 5.32 Å². The zero-order valence-electron chi connectivity index (χ0n) is 12.3. The van der Waals surface area contributed by atoms with Crippen molar-refractivity contribution in [3.63, 3.8) is 0 Å². The van der Waals surface area contributed by atoms with Gasteiger partial charge in [0.2, 0.25) is 0 Å². The van der Waals surface area contributed by atoms with Gasteiger partial charge in [0.1, 0.15) is 0 Å². The van der Waals surface area contributed by atoms with Gasteiger partial charge < -0.3 is 5.32 Å². The molecule has 0 aromatic heterocycles. The van der Waals surface area contributed by atoms with Gasteiger partial charge in [-0.2, -0.15) is 0 Å². The number of aryl methyl sites for hydroxylation is 2. The van der Waals surface area contributed by atoms with Crippen molar-refractivity contribution in [3.8, 4) is 0 Å². The van der Waals surface area contributed by atoms with Crippen LogP contribution in [0.1, 0.15) is 49.8 Å². The Balaban J connectivity index is 2.04. The summed E-state index contributed by atoms with van der Waals surface area (Å²) < 4.78 is 0. The summed E-state index contributed by atoms with van der Waals surface area (Å²) in [6.07, 6.45) is 5.26. The third-order valence-corrected chi connectivity index (χ3v) is 4.24. The van der Waals surface area contributed by atoms with Crippen molar-refractivity contribution in [3.05, 3.63) is 34.9 Å². The molecule has 1 aromatic rings. The summed E-state index contributed by atoms with van der Waals surface area (Å²) in [7, 11) is 0. The van der Waals surface area contributed by atoms with Crippen molar-refractivity contribution in [2.75, 3.05) is 6.54 Å². The molecule has 1 saturated carbocycles. The highest BCUT2D eigenvalue weighted by Gasteiger charge is 2.34. The molecule has 1 aliphatic carbocycles. The van der Waals surface area contributed by atoms with E-state index in [-0.39, 0.29) is 0 Å². The van der Waals surface area contributed by atoms with E-state index in [0.717, 1.165) is 12.6 Å². The number of hydrogen-bond acceptors (Lipinski definition) is 1. The minimum atomic E-state index is 0.493. The van der Waals surface area contributed by atoms with Gasteiger partial charge >= 0.3 is 0 Å². The lowest BCUT2D eigenvalue weighted by molar-refractivity contribution is 0.322. The summed E-state index contributed by atoms with van der Waals surface area (Å²) in [4.78, 5) is 0. The molecular weight excluding hydrogens is 218 g/mol. The van der Waals surface area contributed by atoms with E-state index in [1.807, 2.05) is 0 Å². The Labute approximate surface area is 112 Å². The van der Waals surface area contributed by atoms with Gasteiger partial charge in [-0.3, -0.25) is 0 Å². The first-order valence-corrected chi connectivity index (χ1v) is 7.31. The van der Waals surface area contributed by atoms with Crippen LogP contribution in [0.25, 0.3) is 0 Å². The number of benzene rings is 1. The lowest BCUT2D eigenvalue weighted by atomic mass is 9.81. The molecule has 0 radical (unpaired) electrons. The molecule has 0 spiro atoms. The topological polar surface area (TPSA) is 12.0 Å². The minimum Gasteiger partial charge on any atom is -0.314 e. The summed E-state index contributed by atoms with van der Waals surface area (Å²) in [5, 5.41) is 3.61. The third-order valence-electron chi connectivity index (χ3n) is 4.24. The van der Waals surface area contributed by atoms with Crippen molar-refractivity contribution >= 4 is 0 Å². The molecule has 1 heteroatoms. The Kier molecular flexibility index (Phi) is 4.11. The van der Waals surface area contributed by atoms with Crippen LogP contribution in [-0.4, -0.2) is 12.6 Å². The predicted molar refractivity (Wildman–Crippen MR) is 79.0 cm³/mol. The van der Waals surface area contributed by atoms with Gasteiger partial charge in [-0.05, 0) is 57.1 Å². The maximum Gasteiger partial charge on any atom is 0.00724 e. The molecule has 100 valence electrons. The van der Waals surface area contributed by atoms with Crippen molar-refractivity contribution < 1.29 is 0 Å². The minimum absolute atomic E-state index is 0.493. The zero-order chi connectivity index (χ0) is 13.2. The molecule has 1 aromatic carbocycles. The average molecular weight is 245 g/mol. The molecule has 2 unspecified atom stereocenters. The second kappa shape index (κ2) is 5.44. The zero-order valence-corrected chi connectivity index (χ0v) is 12.3. The van der Waals surface area contributed by atoms with Crippen molar-refractivity contribution in [1.29, 1.82) is 0 Å². The lowest BCUT2D eigenvalue weighted by Gasteiger charge is -2.25. The molecule has 0 heterocycles. The average Bonchev–Trinajstić information content (AvgIpc) is 2.58. The maximum atomic E-state index is 3.61. The van der Waals surface area contributed by atoms with Crippen LogP contribution in [0.5, 0.6) is 0 Å². The smallest absolute Gasteiger partial charge is 0.00724 e. The highest BCUT2D eigenvalue weighted by Crippen LogP contribution is 2.40. The molecule has 1 nitrogen and oxygen atoms in total. The van der Waals surface area contributed by atoms with E-state index in [1.54, 1.807) is 0 Å². The molecule has 2 atom stereocenters. The fraction of sp³-hybridized carbons (Fsp3) is 0.647. The normalized spacial score (nSPS) is 27.7. The lowest BCUT2D eigenvalue weighted by Crippen LogP contribution is -2.28. The Morgan fingerprint density at radius 1 is 1.22 bits per heavy atom. The number of hydrogen-bond donors (Lipinski definition) is 1. The van der Waals surface area contributed by atoms with E-state index in [4.69, 9.17) is 0 Å². The monoisotopic (exact) mass is 245 g/mol. The van der Waals surface area contributed by atoms with Crippen LogP contribution in [0.2, 0.25) is 0 Å². The highest BCUT2D eigenvalue weighted by atomic mass is 14.9. The quantitative estimate of drug-likeness (QED) is 0.845. The number of rotatable bonds is 4. The van der Waals surface area contributed by atoms with E-state index < -0.39 is 0 Å². The second-order valence-corrected chi connectivity index (χ2v) is 6.48. The van der Waals surface area contributed by atoms with Gasteiger partial charge in [0, 0.05) is 6.04 Å². The van der Waals surface area contributed by atoms with Crippen LogP contribution in [0.15, 0.2) is 18.2 Å². The van der Waals surface area contributed by atoms with Crippen LogP contribution in [0.4, 0.5) is 0 Å². The molecule has 0 amide bonds. The van der Waals surface area contributed by atoms with Crippen LogP contribution >= 0.6 is 0 Å². The van der Waals surface area contributed by atoms with Gasteiger partial charge in [-0.25, -0.2) is 0 Å². The fourth-order valence-corrected chi connectivity index (χ4v) is 3.61. The summed E-state index contributed by atoms with van der Waals surface area (Å²) >= 11 is 0. The van der Waals surface area contributed by atoms with Crippen molar-refractivity contribution in [2.24, 2.45) is 5.41 Å². The first-order valence-electron chi connectivity index (χ1n) is 7.31. The Hall–Kier alpha value is -0.820. The standard InChI is InChI=1S/C17H27N/c1-5-18-16-6-7-17(4,12-16)11-15-9-13(2)8-14(3)10-15/h8-10,16,18H,5-7,11-12H2,1-4H3. The summed E-state index contributed by atoms with van der Waals surface area (Å²) in [6.45, 7) is 10.2. The molecule has 2 rings (SSSR count). The SMILES string of the molecule is CCNC1CCC(C)(Cc2cc(C)cc(C)c2)C1. The third kappa shape index (κ3) is 3.35. The van der Waals surface area contributed by atoms with Crippen molar-refractivity contribution in [1.82, 2.24) is 5.32 Å². The van der Waals surface area contributed by atoms with Crippen LogP contribution in [0.3, 0.4) is 0 Å². The van der Waals surface area contributed by atoms with E-state index in [0.29, 0.717) is 5.41 Å². The highest BCUT2D eigenvalue weighted by molar-refractivity contribution is 5.29. The molecule has 1 aliphatic rings.